The minimum absolute atomic E-state index is 0.281. The predicted molar refractivity (Wildman–Crippen MR) is 93.2 cm³/mol. The SMILES string of the molecule is O=C(Nc1cccc(-c2ccc3nncn3n2)c1)Nc1cccs1. The Labute approximate surface area is 141 Å². The van der Waals surface area contributed by atoms with E-state index in [-0.39, 0.29) is 6.03 Å². The van der Waals surface area contributed by atoms with Gasteiger partial charge in [-0.1, -0.05) is 12.1 Å². The molecule has 2 amide bonds. The van der Waals surface area contributed by atoms with E-state index < -0.39 is 0 Å². The molecule has 0 aliphatic carbocycles. The van der Waals surface area contributed by atoms with Gasteiger partial charge < -0.3 is 5.32 Å². The maximum absolute atomic E-state index is 12.0. The molecule has 4 aromatic rings. The minimum Gasteiger partial charge on any atom is -0.308 e. The van der Waals surface area contributed by atoms with Gasteiger partial charge in [0.15, 0.2) is 5.65 Å². The van der Waals surface area contributed by atoms with Gasteiger partial charge >= 0.3 is 6.03 Å². The Hall–Kier alpha value is -3.26. The predicted octanol–water partition coefficient (Wildman–Crippen LogP) is 3.50. The second-order valence-electron chi connectivity index (χ2n) is 4.99. The van der Waals surface area contributed by atoms with Gasteiger partial charge in [0, 0.05) is 11.3 Å². The van der Waals surface area contributed by atoms with Gasteiger partial charge in [-0.2, -0.15) is 9.61 Å². The average Bonchev–Trinajstić information content (AvgIpc) is 3.25. The van der Waals surface area contributed by atoms with E-state index in [0.29, 0.717) is 11.3 Å². The highest BCUT2D eigenvalue weighted by Crippen LogP contribution is 2.21. The summed E-state index contributed by atoms with van der Waals surface area (Å²) in [6, 6.07) is 14.7. The maximum Gasteiger partial charge on any atom is 0.324 e. The average molecular weight is 336 g/mol. The number of benzene rings is 1. The summed E-state index contributed by atoms with van der Waals surface area (Å²) in [6.45, 7) is 0. The number of carbonyl (C=O) groups is 1. The first-order valence-electron chi connectivity index (χ1n) is 7.17. The summed E-state index contributed by atoms with van der Waals surface area (Å²) in [5.41, 5.74) is 3.03. The zero-order valence-corrected chi connectivity index (χ0v) is 13.2. The van der Waals surface area contributed by atoms with E-state index in [1.807, 2.05) is 53.9 Å². The van der Waals surface area contributed by atoms with Crippen molar-refractivity contribution in [2.45, 2.75) is 0 Å². The van der Waals surface area contributed by atoms with E-state index in [2.05, 4.69) is 25.9 Å². The molecule has 3 heterocycles. The molecular weight excluding hydrogens is 324 g/mol. The largest absolute Gasteiger partial charge is 0.324 e. The van der Waals surface area contributed by atoms with Crippen molar-refractivity contribution in [1.29, 1.82) is 0 Å². The first kappa shape index (κ1) is 14.3. The number of anilines is 2. The monoisotopic (exact) mass is 336 g/mol. The molecule has 0 unspecified atom stereocenters. The van der Waals surface area contributed by atoms with Gasteiger partial charge in [0.1, 0.15) is 6.33 Å². The summed E-state index contributed by atoms with van der Waals surface area (Å²) < 4.78 is 1.61. The number of aromatic nitrogens is 4. The van der Waals surface area contributed by atoms with Crippen LogP contribution >= 0.6 is 11.3 Å². The minimum atomic E-state index is -0.281. The van der Waals surface area contributed by atoms with Crippen LogP contribution in [0.15, 0.2) is 60.2 Å². The van der Waals surface area contributed by atoms with Gasteiger partial charge in [0.2, 0.25) is 0 Å². The molecule has 118 valence electrons. The standard InChI is InChI=1S/C16H12N6OS/c23-16(19-15-5-2-8-24-15)18-12-4-1-3-11(9-12)13-6-7-14-20-17-10-22(14)21-13/h1-10H,(H2,18,19,23). The van der Waals surface area contributed by atoms with E-state index >= 15 is 0 Å². The summed E-state index contributed by atoms with van der Waals surface area (Å²) in [4.78, 5) is 12.0. The molecule has 0 aliphatic heterocycles. The second-order valence-corrected chi connectivity index (χ2v) is 5.94. The van der Waals surface area contributed by atoms with Gasteiger partial charge in [0.25, 0.3) is 0 Å². The fourth-order valence-corrected chi connectivity index (χ4v) is 2.88. The number of fused-ring (bicyclic) bond motifs is 1. The Bertz CT molecular complexity index is 995. The number of thiophene rings is 1. The highest BCUT2D eigenvalue weighted by atomic mass is 32.1. The Balaban J connectivity index is 1.55. The van der Waals surface area contributed by atoms with Crippen LogP contribution in [0.25, 0.3) is 16.9 Å². The molecule has 0 fully saturated rings. The van der Waals surface area contributed by atoms with Crippen LogP contribution < -0.4 is 10.6 Å². The lowest BCUT2D eigenvalue weighted by molar-refractivity contribution is 0.262. The molecule has 4 rings (SSSR count). The lowest BCUT2D eigenvalue weighted by Gasteiger charge is -2.08. The first-order valence-corrected chi connectivity index (χ1v) is 8.05. The summed E-state index contributed by atoms with van der Waals surface area (Å²) in [5.74, 6) is 0. The molecular formula is C16H12N6OS. The zero-order valence-electron chi connectivity index (χ0n) is 12.4. The van der Waals surface area contributed by atoms with Gasteiger partial charge in [-0.25, -0.2) is 4.79 Å². The molecule has 0 atom stereocenters. The normalized spacial score (nSPS) is 10.7. The molecule has 2 N–H and O–H groups in total. The van der Waals surface area contributed by atoms with Gasteiger partial charge in [0.05, 0.1) is 10.7 Å². The summed E-state index contributed by atoms with van der Waals surface area (Å²) in [7, 11) is 0. The van der Waals surface area contributed by atoms with E-state index in [4.69, 9.17) is 0 Å². The quantitative estimate of drug-likeness (QED) is 0.600. The van der Waals surface area contributed by atoms with Crippen molar-refractivity contribution >= 4 is 33.7 Å². The van der Waals surface area contributed by atoms with Gasteiger partial charge in [-0.15, -0.1) is 21.5 Å². The molecule has 1 aromatic carbocycles. The number of nitrogens with zero attached hydrogens (tertiary/aromatic N) is 4. The molecule has 3 aromatic heterocycles. The molecule has 24 heavy (non-hydrogen) atoms. The number of rotatable bonds is 3. The Morgan fingerprint density at radius 3 is 2.92 bits per heavy atom. The van der Waals surface area contributed by atoms with Crippen LogP contribution in [0.2, 0.25) is 0 Å². The molecule has 0 saturated heterocycles. The van der Waals surface area contributed by atoms with Crippen LogP contribution in [0.3, 0.4) is 0 Å². The Kier molecular flexibility index (Phi) is 3.64. The highest BCUT2D eigenvalue weighted by molar-refractivity contribution is 7.14. The topological polar surface area (TPSA) is 84.2 Å². The van der Waals surface area contributed by atoms with Crippen molar-refractivity contribution in [2.24, 2.45) is 0 Å². The van der Waals surface area contributed by atoms with E-state index in [9.17, 15) is 4.79 Å². The summed E-state index contributed by atoms with van der Waals surface area (Å²) in [6.07, 6.45) is 1.55. The number of nitrogens with one attached hydrogen (secondary N) is 2. The highest BCUT2D eigenvalue weighted by Gasteiger charge is 2.06. The van der Waals surface area contributed by atoms with Gasteiger partial charge in [-0.05, 0) is 41.8 Å². The maximum atomic E-state index is 12.0. The van der Waals surface area contributed by atoms with Crippen LogP contribution in [-0.4, -0.2) is 25.8 Å². The third kappa shape index (κ3) is 2.95. The molecule has 0 radical (unpaired) electrons. The van der Waals surface area contributed by atoms with Crippen LogP contribution in [0.1, 0.15) is 0 Å². The Morgan fingerprint density at radius 1 is 1.08 bits per heavy atom. The van der Waals surface area contributed by atoms with Crippen molar-refractivity contribution < 1.29 is 4.79 Å². The molecule has 0 aliphatic rings. The molecule has 8 heteroatoms. The second kappa shape index (κ2) is 6.09. The zero-order chi connectivity index (χ0) is 16.4. The van der Waals surface area contributed by atoms with Crippen molar-refractivity contribution in [2.75, 3.05) is 10.6 Å². The van der Waals surface area contributed by atoms with Crippen LogP contribution in [0, 0.1) is 0 Å². The van der Waals surface area contributed by atoms with E-state index in [1.54, 1.807) is 10.8 Å². The van der Waals surface area contributed by atoms with Crippen molar-refractivity contribution in [3.05, 3.63) is 60.2 Å². The van der Waals surface area contributed by atoms with Crippen molar-refractivity contribution in [1.82, 2.24) is 19.8 Å². The number of hydrogen-bond donors (Lipinski definition) is 2. The van der Waals surface area contributed by atoms with E-state index in [0.717, 1.165) is 16.3 Å². The van der Waals surface area contributed by atoms with Crippen molar-refractivity contribution in [3.8, 4) is 11.3 Å². The van der Waals surface area contributed by atoms with Gasteiger partial charge in [-0.3, -0.25) is 5.32 Å². The van der Waals surface area contributed by atoms with Crippen molar-refractivity contribution in [3.63, 3.8) is 0 Å². The summed E-state index contributed by atoms with van der Waals surface area (Å²) in [5, 5.41) is 20.5. The van der Waals surface area contributed by atoms with E-state index in [1.165, 1.54) is 11.3 Å². The molecule has 0 saturated carbocycles. The molecule has 0 spiro atoms. The first-order chi connectivity index (χ1) is 11.8. The lowest BCUT2D eigenvalue weighted by Crippen LogP contribution is -2.18. The fraction of sp³-hybridized carbons (Fsp3) is 0. The molecule has 0 bridgehead atoms. The fourth-order valence-electron chi connectivity index (χ4n) is 2.26. The lowest BCUT2D eigenvalue weighted by atomic mass is 10.1. The molecule has 7 nitrogen and oxygen atoms in total. The third-order valence-electron chi connectivity index (χ3n) is 3.34. The Morgan fingerprint density at radius 2 is 2.04 bits per heavy atom. The van der Waals surface area contributed by atoms with Crippen LogP contribution in [-0.2, 0) is 0 Å². The number of urea groups is 1. The third-order valence-corrected chi connectivity index (χ3v) is 4.12. The number of hydrogen-bond acceptors (Lipinski definition) is 5. The van der Waals surface area contributed by atoms with Crippen LogP contribution in [0.5, 0.6) is 0 Å². The number of carbonyl (C=O) groups excluding carboxylic acids is 1. The number of amides is 2. The summed E-state index contributed by atoms with van der Waals surface area (Å²) >= 11 is 1.47. The van der Waals surface area contributed by atoms with Crippen LogP contribution in [0.4, 0.5) is 15.5 Å². The smallest absolute Gasteiger partial charge is 0.308 e.